The summed E-state index contributed by atoms with van der Waals surface area (Å²) in [6.45, 7) is 3.63. The number of benzene rings is 1. The van der Waals surface area contributed by atoms with Crippen LogP contribution in [0.25, 0.3) is 0 Å². The molecule has 1 aliphatic heterocycles. The first-order valence-corrected chi connectivity index (χ1v) is 6.01. The minimum Gasteiger partial charge on any atom is -0.494 e. The Morgan fingerprint density at radius 2 is 2.17 bits per heavy atom. The maximum Gasteiger partial charge on any atom is 0.179 e. The van der Waals surface area contributed by atoms with E-state index in [9.17, 15) is 9.18 Å². The number of Topliss-reactive ketones (excluding diaryl/α,β-unsaturated/α-hetero) is 1. The van der Waals surface area contributed by atoms with Crippen LogP contribution in [-0.2, 0) is 0 Å². The number of nitrogens with one attached hydrogen (secondary N) is 1. The first-order chi connectivity index (χ1) is 8.72. The smallest absolute Gasteiger partial charge is 0.179 e. The molecular formula is C13H17FN2O2. The molecule has 98 valence electrons. The second-order valence-corrected chi connectivity index (χ2v) is 4.27. The van der Waals surface area contributed by atoms with E-state index in [0.717, 1.165) is 26.2 Å². The van der Waals surface area contributed by atoms with Gasteiger partial charge in [0.1, 0.15) is 0 Å². The molecule has 0 saturated carbocycles. The highest BCUT2D eigenvalue weighted by molar-refractivity contribution is 5.98. The van der Waals surface area contributed by atoms with Gasteiger partial charge in [0.15, 0.2) is 17.3 Å². The number of ketones is 1. The van der Waals surface area contributed by atoms with Crippen LogP contribution in [0.4, 0.5) is 4.39 Å². The van der Waals surface area contributed by atoms with Gasteiger partial charge in [0, 0.05) is 26.2 Å². The Morgan fingerprint density at radius 1 is 1.44 bits per heavy atom. The standard InChI is InChI=1S/C13H17FN2O2/c1-18-12-4-2-3-10(13(12)14)11(17)9-16-7-5-15-6-8-16/h2-4,15H,5-9H2,1H3. The summed E-state index contributed by atoms with van der Waals surface area (Å²) in [5.41, 5.74) is 0.105. The quantitative estimate of drug-likeness (QED) is 0.809. The van der Waals surface area contributed by atoms with Crippen molar-refractivity contribution in [3.63, 3.8) is 0 Å². The lowest BCUT2D eigenvalue weighted by Gasteiger charge is -2.26. The molecule has 0 atom stereocenters. The number of rotatable bonds is 4. The molecule has 1 aliphatic rings. The second-order valence-electron chi connectivity index (χ2n) is 4.27. The highest BCUT2D eigenvalue weighted by atomic mass is 19.1. The zero-order chi connectivity index (χ0) is 13.0. The van der Waals surface area contributed by atoms with Crippen molar-refractivity contribution in [3.8, 4) is 5.75 Å². The van der Waals surface area contributed by atoms with Crippen LogP contribution in [0.2, 0.25) is 0 Å². The maximum atomic E-state index is 13.9. The molecule has 1 fully saturated rings. The topological polar surface area (TPSA) is 41.6 Å². The van der Waals surface area contributed by atoms with Crippen molar-refractivity contribution in [1.29, 1.82) is 0 Å². The number of hydrogen-bond donors (Lipinski definition) is 1. The summed E-state index contributed by atoms with van der Waals surface area (Å²) < 4.78 is 18.8. The molecule has 0 aliphatic carbocycles. The van der Waals surface area contributed by atoms with E-state index < -0.39 is 5.82 Å². The maximum absolute atomic E-state index is 13.9. The van der Waals surface area contributed by atoms with Crippen molar-refractivity contribution in [1.82, 2.24) is 10.2 Å². The number of piperazine rings is 1. The lowest BCUT2D eigenvalue weighted by molar-refractivity contribution is 0.0916. The number of carbonyl (C=O) groups is 1. The van der Waals surface area contributed by atoms with Crippen molar-refractivity contribution in [2.45, 2.75) is 0 Å². The molecule has 0 bridgehead atoms. The Balaban J connectivity index is 2.08. The highest BCUT2D eigenvalue weighted by Crippen LogP contribution is 2.20. The predicted octanol–water partition coefficient (Wildman–Crippen LogP) is 0.922. The number of carbonyl (C=O) groups excluding carboxylic acids is 1. The largest absolute Gasteiger partial charge is 0.494 e. The Hall–Kier alpha value is -1.46. The Morgan fingerprint density at radius 3 is 2.83 bits per heavy atom. The fourth-order valence-corrected chi connectivity index (χ4v) is 2.04. The van der Waals surface area contributed by atoms with Gasteiger partial charge in [-0.2, -0.15) is 0 Å². The average molecular weight is 252 g/mol. The van der Waals surface area contributed by atoms with E-state index in [0.29, 0.717) is 0 Å². The van der Waals surface area contributed by atoms with Gasteiger partial charge in [0.2, 0.25) is 0 Å². The molecule has 0 spiro atoms. The molecule has 5 heteroatoms. The van der Waals surface area contributed by atoms with E-state index >= 15 is 0 Å². The van der Waals surface area contributed by atoms with Crippen molar-refractivity contribution in [2.24, 2.45) is 0 Å². The average Bonchev–Trinajstić information content (AvgIpc) is 2.40. The molecular weight excluding hydrogens is 235 g/mol. The van der Waals surface area contributed by atoms with Gasteiger partial charge in [-0.25, -0.2) is 4.39 Å². The van der Waals surface area contributed by atoms with Gasteiger partial charge in [-0.05, 0) is 12.1 Å². The van der Waals surface area contributed by atoms with E-state index in [-0.39, 0.29) is 23.6 Å². The van der Waals surface area contributed by atoms with Crippen LogP contribution in [0.1, 0.15) is 10.4 Å². The zero-order valence-electron chi connectivity index (χ0n) is 10.4. The van der Waals surface area contributed by atoms with Crippen LogP contribution in [0.3, 0.4) is 0 Å². The van der Waals surface area contributed by atoms with Gasteiger partial charge >= 0.3 is 0 Å². The molecule has 4 nitrogen and oxygen atoms in total. The van der Waals surface area contributed by atoms with Gasteiger partial charge < -0.3 is 10.1 Å². The summed E-state index contributed by atoms with van der Waals surface area (Å²) >= 11 is 0. The highest BCUT2D eigenvalue weighted by Gasteiger charge is 2.19. The molecule has 1 N–H and O–H groups in total. The summed E-state index contributed by atoms with van der Waals surface area (Å²) in [5.74, 6) is -0.658. The van der Waals surface area contributed by atoms with Gasteiger partial charge in [0.25, 0.3) is 0 Å². The summed E-state index contributed by atoms with van der Waals surface area (Å²) in [4.78, 5) is 14.1. The predicted molar refractivity (Wildman–Crippen MR) is 66.6 cm³/mol. The Labute approximate surface area is 106 Å². The van der Waals surface area contributed by atoms with Crippen LogP contribution in [0, 0.1) is 5.82 Å². The number of methoxy groups -OCH3 is 1. The first kappa shape index (κ1) is 13.0. The van der Waals surface area contributed by atoms with Crippen LogP contribution in [-0.4, -0.2) is 50.5 Å². The van der Waals surface area contributed by atoms with Crippen LogP contribution < -0.4 is 10.1 Å². The molecule has 1 aromatic carbocycles. The normalized spacial score (nSPS) is 16.6. The van der Waals surface area contributed by atoms with Gasteiger partial charge in [-0.1, -0.05) is 6.07 Å². The van der Waals surface area contributed by atoms with Gasteiger partial charge in [-0.3, -0.25) is 9.69 Å². The first-order valence-electron chi connectivity index (χ1n) is 6.01. The number of ether oxygens (including phenoxy) is 1. The molecule has 0 aromatic heterocycles. The molecule has 1 saturated heterocycles. The van der Waals surface area contributed by atoms with Crippen molar-refractivity contribution in [2.75, 3.05) is 39.8 Å². The third-order valence-electron chi connectivity index (χ3n) is 3.06. The van der Waals surface area contributed by atoms with Gasteiger partial charge in [-0.15, -0.1) is 0 Å². The Kier molecular flexibility index (Phi) is 4.28. The fraction of sp³-hybridized carbons (Fsp3) is 0.462. The monoisotopic (exact) mass is 252 g/mol. The van der Waals surface area contributed by atoms with E-state index in [1.54, 1.807) is 6.07 Å². The lowest BCUT2D eigenvalue weighted by Crippen LogP contribution is -2.45. The summed E-state index contributed by atoms with van der Waals surface area (Å²) in [6.07, 6.45) is 0. The molecule has 0 amide bonds. The van der Waals surface area contributed by atoms with Crippen LogP contribution in [0.5, 0.6) is 5.75 Å². The molecule has 18 heavy (non-hydrogen) atoms. The van der Waals surface area contributed by atoms with Gasteiger partial charge in [0.05, 0.1) is 19.2 Å². The third kappa shape index (κ3) is 2.86. The van der Waals surface area contributed by atoms with E-state index in [1.807, 2.05) is 4.90 Å². The van der Waals surface area contributed by atoms with E-state index in [4.69, 9.17) is 4.74 Å². The molecule has 0 radical (unpaired) electrons. The molecule has 0 unspecified atom stereocenters. The second kappa shape index (κ2) is 5.93. The zero-order valence-corrected chi connectivity index (χ0v) is 10.4. The van der Waals surface area contributed by atoms with E-state index in [2.05, 4.69) is 5.32 Å². The SMILES string of the molecule is COc1cccc(C(=O)CN2CCNCC2)c1F. The van der Waals surface area contributed by atoms with E-state index in [1.165, 1.54) is 19.2 Å². The summed E-state index contributed by atoms with van der Waals surface area (Å²) in [5, 5.41) is 3.21. The summed E-state index contributed by atoms with van der Waals surface area (Å²) in [6, 6.07) is 4.65. The molecule has 1 heterocycles. The molecule has 1 aromatic rings. The molecule has 2 rings (SSSR count). The van der Waals surface area contributed by atoms with Crippen molar-refractivity contribution >= 4 is 5.78 Å². The third-order valence-corrected chi connectivity index (χ3v) is 3.06. The lowest BCUT2D eigenvalue weighted by atomic mass is 10.1. The summed E-state index contributed by atoms with van der Waals surface area (Å²) in [7, 11) is 1.39. The Bertz CT molecular complexity index is 431. The number of nitrogens with zero attached hydrogens (tertiary/aromatic N) is 1. The van der Waals surface area contributed by atoms with Crippen molar-refractivity contribution in [3.05, 3.63) is 29.6 Å². The van der Waals surface area contributed by atoms with Crippen LogP contribution >= 0.6 is 0 Å². The fourth-order valence-electron chi connectivity index (χ4n) is 2.04. The van der Waals surface area contributed by atoms with Crippen LogP contribution in [0.15, 0.2) is 18.2 Å². The minimum absolute atomic E-state index is 0.105. The minimum atomic E-state index is -0.569. The van der Waals surface area contributed by atoms with Crippen molar-refractivity contribution < 1.29 is 13.9 Å². The number of halogens is 1. The number of hydrogen-bond acceptors (Lipinski definition) is 4.